The quantitative estimate of drug-likeness (QED) is 0.552. The lowest BCUT2D eigenvalue weighted by atomic mass is 9.54. The number of fused-ring (bicyclic) bond motifs is 23. The molecule has 15 unspecified atom stereocenters. The maximum absolute atomic E-state index is 9.04. The summed E-state index contributed by atoms with van der Waals surface area (Å²) in [5.74, 6) is 12.3. The molecule has 2 heteroatoms. The summed E-state index contributed by atoms with van der Waals surface area (Å²) in [6, 6.07) is 2.41. The molecule has 0 radical (unpaired) electrons. The molecule has 26 heavy (non-hydrogen) atoms. The molecule has 2 saturated heterocycles. The van der Waals surface area contributed by atoms with E-state index in [1.54, 1.807) is 6.42 Å². The van der Waals surface area contributed by atoms with Gasteiger partial charge in [0.25, 0.3) is 0 Å². The van der Waals surface area contributed by atoms with Gasteiger partial charge < -0.3 is 4.74 Å². The van der Waals surface area contributed by atoms with Crippen molar-refractivity contribution in [1.82, 2.24) is 0 Å². The van der Waals surface area contributed by atoms with Crippen LogP contribution in [-0.2, 0) is 4.74 Å². The van der Waals surface area contributed by atoms with Crippen molar-refractivity contribution < 1.29 is 4.74 Å². The predicted molar refractivity (Wildman–Crippen MR) is 96.5 cm³/mol. The Morgan fingerprint density at radius 3 is 2.19 bits per heavy atom. The molecule has 0 aromatic rings. The number of nitrogens with zero attached hydrogens (tertiary/aromatic N) is 1. The maximum Gasteiger partial charge on any atom is 0.0648 e. The van der Waals surface area contributed by atoms with E-state index in [4.69, 9.17) is 10.00 Å². The zero-order valence-corrected chi connectivity index (χ0v) is 15.4. The highest BCUT2D eigenvalue weighted by Crippen LogP contribution is 2.77. The van der Waals surface area contributed by atoms with E-state index < -0.39 is 0 Å². The molecule has 5 saturated carbocycles. The van der Waals surface area contributed by atoms with Crippen LogP contribution in [0, 0.1) is 88.3 Å². The van der Waals surface area contributed by atoms with Gasteiger partial charge in [0, 0.05) is 6.42 Å². The third-order valence-electron chi connectivity index (χ3n) is 11.3. The highest BCUT2D eigenvalue weighted by molar-refractivity contribution is 5.27. The molecule has 8 bridgehead atoms. The minimum absolute atomic E-state index is 0.619. The summed E-state index contributed by atoms with van der Waals surface area (Å²) in [5.41, 5.74) is 0. The molecule has 2 heterocycles. The Morgan fingerprint density at radius 1 is 0.769 bits per heavy atom. The molecule has 0 amide bonds. The molecule has 8 rings (SSSR count). The van der Waals surface area contributed by atoms with E-state index in [1.165, 1.54) is 19.3 Å². The second-order valence-electron chi connectivity index (χ2n) is 11.4. The van der Waals surface area contributed by atoms with Crippen molar-refractivity contribution in [3.63, 3.8) is 0 Å². The van der Waals surface area contributed by atoms with E-state index >= 15 is 0 Å². The molecule has 2 aliphatic heterocycles. The summed E-state index contributed by atoms with van der Waals surface area (Å²) in [5, 5.41) is 9.04. The summed E-state index contributed by atoms with van der Waals surface area (Å²) in [7, 11) is 0. The normalized spacial score (nSPS) is 69.3. The first-order chi connectivity index (χ1) is 12.8. The third-order valence-corrected chi connectivity index (χ3v) is 11.3. The SMILES string of the molecule is N#CCCC1CC2CC1C1C3OC(C21)C1C2CC(C4C5C=CC(C5)C24)C31. The number of ether oxygens (including phenoxy) is 1. The van der Waals surface area contributed by atoms with Crippen molar-refractivity contribution in [1.29, 1.82) is 5.26 Å². The van der Waals surface area contributed by atoms with Crippen molar-refractivity contribution in [2.24, 2.45) is 76.9 Å². The summed E-state index contributed by atoms with van der Waals surface area (Å²) >= 11 is 0. The van der Waals surface area contributed by atoms with E-state index in [9.17, 15) is 0 Å². The molecule has 6 aliphatic carbocycles. The largest absolute Gasteiger partial charge is 0.374 e. The lowest BCUT2D eigenvalue weighted by Gasteiger charge is -2.48. The van der Waals surface area contributed by atoms with E-state index in [0.717, 1.165) is 89.8 Å². The van der Waals surface area contributed by atoms with Gasteiger partial charge in [-0.2, -0.15) is 5.26 Å². The molecule has 8 aliphatic rings. The molecule has 136 valence electrons. The molecule has 0 spiro atoms. The van der Waals surface area contributed by atoms with Crippen LogP contribution in [0.4, 0.5) is 0 Å². The van der Waals surface area contributed by atoms with Crippen LogP contribution in [0.2, 0.25) is 0 Å². The Labute approximate surface area is 156 Å². The van der Waals surface area contributed by atoms with Crippen molar-refractivity contribution in [3.8, 4) is 6.07 Å². The van der Waals surface area contributed by atoms with Gasteiger partial charge in [0.05, 0.1) is 18.3 Å². The fraction of sp³-hybridized carbons (Fsp3) is 0.875. The van der Waals surface area contributed by atoms with Gasteiger partial charge in [-0.1, -0.05) is 12.2 Å². The molecular weight excluding hydrogens is 318 g/mol. The van der Waals surface area contributed by atoms with Gasteiger partial charge in [-0.05, 0) is 109 Å². The molecule has 2 nitrogen and oxygen atoms in total. The first-order valence-electron chi connectivity index (χ1n) is 11.6. The number of nitriles is 1. The molecule has 0 aromatic heterocycles. The van der Waals surface area contributed by atoms with E-state index in [2.05, 4.69) is 18.2 Å². The Kier molecular flexibility index (Phi) is 2.42. The van der Waals surface area contributed by atoms with Crippen LogP contribution in [0.25, 0.3) is 0 Å². The lowest BCUT2D eigenvalue weighted by molar-refractivity contribution is 0.0107. The first kappa shape index (κ1) is 14.2. The minimum atomic E-state index is 0.619. The molecule has 7 fully saturated rings. The van der Waals surface area contributed by atoms with Crippen LogP contribution in [-0.4, -0.2) is 12.2 Å². The second kappa shape index (κ2) is 4.43. The Morgan fingerprint density at radius 2 is 1.46 bits per heavy atom. The number of rotatable bonds is 2. The van der Waals surface area contributed by atoms with Crippen molar-refractivity contribution >= 4 is 0 Å². The van der Waals surface area contributed by atoms with E-state index in [-0.39, 0.29) is 0 Å². The number of hydrogen-bond donors (Lipinski definition) is 0. The Bertz CT molecular complexity index is 752. The Balaban J connectivity index is 1.15. The fourth-order valence-corrected chi connectivity index (χ4v) is 11.2. The van der Waals surface area contributed by atoms with Crippen LogP contribution in [0.5, 0.6) is 0 Å². The van der Waals surface area contributed by atoms with E-state index in [1.807, 2.05) is 0 Å². The van der Waals surface area contributed by atoms with Crippen molar-refractivity contribution in [2.45, 2.75) is 50.7 Å². The topological polar surface area (TPSA) is 33.0 Å². The number of allylic oxidation sites excluding steroid dienone is 2. The van der Waals surface area contributed by atoms with Gasteiger partial charge >= 0.3 is 0 Å². The lowest BCUT2D eigenvalue weighted by Crippen LogP contribution is -2.50. The Hall–Kier alpha value is -0.810. The minimum Gasteiger partial charge on any atom is -0.374 e. The summed E-state index contributed by atoms with van der Waals surface area (Å²) < 4.78 is 6.89. The van der Waals surface area contributed by atoms with E-state index in [0.29, 0.717) is 12.2 Å². The average Bonchev–Trinajstić information content (AvgIpc) is 3.44. The van der Waals surface area contributed by atoms with Gasteiger partial charge in [-0.25, -0.2) is 0 Å². The smallest absolute Gasteiger partial charge is 0.0648 e. The van der Waals surface area contributed by atoms with Gasteiger partial charge in [0.2, 0.25) is 0 Å². The van der Waals surface area contributed by atoms with Crippen molar-refractivity contribution in [3.05, 3.63) is 12.2 Å². The molecule has 0 aromatic carbocycles. The first-order valence-corrected chi connectivity index (χ1v) is 11.6. The fourth-order valence-electron chi connectivity index (χ4n) is 11.2. The van der Waals surface area contributed by atoms with Gasteiger partial charge in [-0.3, -0.25) is 0 Å². The second-order valence-corrected chi connectivity index (χ2v) is 11.4. The zero-order valence-electron chi connectivity index (χ0n) is 15.4. The van der Waals surface area contributed by atoms with Crippen LogP contribution in [0.15, 0.2) is 12.2 Å². The molecule has 15 atom stereocenters. The van der Waals surface area contributed by atoms with Crippen LogP contribution in [0.1, 0.15) is 38.5 Å². The predicted octanol–water partition coefficient (Wildman–Crippen LogP) is 4.28. The third kappa shape index (κ3) is 1.34. The summed E-state index contributed by atoms with van der Waals surface area (Å²) in [4.78, 5) is 0. The summed E-state index contributed by atoms with van der Waals surface area (Å²) in [6.45, 7) is 0. The van der Waals surface area contributed by atoms with Gasteiger partial charge in [0.15, 0.2) is 0 Å². The maximum atomic E-state index is 9.04. The van der Waals surface area contributed by atoms with Crippen LogP contribution < -0.4 is 0 Å². The summed E-state index contributed by atoms with van der Waals surface area (Å²) in [6.07, 6.45) is 14.3. The standard InChI is InChI=1S/C24H29NO/c25-5-1-2-10-6-13-8-14(10)20-19(13)23-21-15-9-16(22(21)24(20)26-23)18-12-4-3-11(7-12)17(15)18/h3-4,10-24H,1-2,6-9H2. The highest BCUT2D eigenvalue weighted by atomic mass is 16.5. The van der Waals surface area contributed by atoms with Crippen LogP contribution >= 0.6 is 0 Å². The molecular formula is C24H29NO. The number of hydrogen-bond acceptors (Lipinski definition) is 2. The zero-order chi connectivity index (χ0) is 16.7. The van der Waals surface area contributed by atoms with Crippen LogP contribution in [0.3, 0.4) is 0 Å². The average molecular weight is 348 g/mol. The van der Waals surface area contributed by atoms with Gasteiger partial charge in [-0.15, -0.1) is 0 Å². The highest BCUT2D eigenvalue weighted by Gasteiger charge is 2.76. The monoisotopic (exact) mass is 347 g/mol. The van der Waals surface area contributed by atoms with Gasteiger partial charge in [0.1, 0.15) is 0 Å². The van der Waals surface area contributed by atoms with Crippen molar-refractivity contribution in [2.75, 3.05) is 0 Å². The molecule has 0 N–H and O–H groups in total.